The molecule has 1 atom stereocenters. The minimum Gasteiger partial charge on any atom is -0.508 e. The summed E-state index contributed by atoms with van der Waals surface area (Å²) in [5.74, 6) is 0.000558. The number of amides is 2. The molecule has 1 fully saturated rings. The van der Waals surface area contributed by atoms with Gasteiger partial charge in [-0.15, -0.1) is 0 Å². The van der Waals surface area contributed by atoms with Crippen molar-refractivity contribution in [2.24, 2.45) is 0 Å². The summed E-state index contributed by atoms with van der Waals surface area (Å²) in [6.45, 7) is 0.590. The second kappa shape index (κ2) is 8.71. The molecule has 1 aliphatic heterocycles. The molecule has 8 heteroatoms. The summed E-state index contributed by atoms with van der Waals surface area (Å²) in [7, 11) is 0. The standard InChI is InChI=1S/C22H20N4O4/c27-18-7-2-4-14(11-18)20-23-12-17(13-24-20)26-21(28)15-5-1-6-16(10-15)25-22(29)19-8-3-9-30-19/h1-2,4-7,10-13,19,27H,3,8-9H2,(H,25,29)(H,26,28). The van der Waals surface area contributed by atoms with Crippen molar-refractivity contribution in [3.8, 4) is 17.1 Å². The Kier molecular flexibility index (Phi) is 5.67. The van der Waals surface area contributed by atoms with Gasteiger partial charge in [0.2, 0.25) is 0 Å². The van der Waals surface area contributed by atoms with Gasteiger partial charge in [0.1, 0.15) is 11.9 Å². The van der Waals surface area contributed by atoms with Gasteiger partial charge in [0.15, 0.2) is 5.82 Å². The van der Waals surface area contributed by atoms with Gasteiger partial charge in [-0.2, -0.15) is 0 Å². The third-order valence-corrected chi connectivity index (χ3v) is 4.63. The van der Waals surface area contributed by atoms with Crippen LogP contribution in [-0.4, -0.2) is 39.6 Å². The van der Waals surface area contributed by atoms with Crippen LogP contribution in [0.3, 0.4) is 0 Å². The molecule has 2 aromatic carbocycles. The molecular formula is C22H20N4O4. The van der Waals surface area contributed by atoms with Gasteiger partial charge in [-0.1, -0.05) is 18.2 Å². The lowest BCUT2D eigenvalue weighted by Gasteiger charge is -2.11. The number of phenolic OH excluding ortho intramolecular Hbond substituents is 1. The maximum Gasteiger partial charge on any atom is 0.255 e. The van der Waals surface area contributed by atoms with E-state index in [0.29, 0.717) is 41.4 Å². The van der Waals surface area contributed by atoms with Gasteiger partial charge in [0, 0.05) is 23.4 Å². The monoisotopic (exact) mass is 404 g/mol. The summed E-state index contributed by atoms with van der Waals surface area (Å²) in [4.78, 5) is 33.2. The Morgan fingerprint density at radius 2 is 1.80 bits per heavy atom. The fourth-order valence-corrected chi connectivity index (χ4v) is 3.14. The van der Waals surface area contributed by atoms with Gasteiger partial charge in [0.05, 0.1) is 18.1 Å². The zero-order valence-corrected chi connectivity index (χ0v) is 16.0. The zero-order valence-electron chi connectivity index (χ0n) is 16.0. The minimum atomic E-state index is -0.440. The van der Waals surface area contributed by atoms with Crippen molar-refractivity contribution in [3.05, 3.63) is 66.5 Å². The number of phenols is 1. The number of ether oxygens (including phenoxy) is 1. The van der Waals surface area contributed by atoms with Crippen LogP contribution < -0.4 is 10.6 Å². The van der Waals surface area contributed by atoms with E-state index in [2.05, 4.69) is 20.6 Å². The normalized spacial score (nSPS) is 15.5. The number of hydrogen-bond acceptors (Lipinski definition) is 6. The van der Waals surface area contributed by atoms with E-state index in [1.165, 1.54) is 12.4 Å². The number of rotatable bonds is 5. The first-order valence-electron chi connectivity index (χ1n) is 9.54. The average Bonchev–Trinajstić information content (AvgIpc) is 3.30. The summed E-state index contributed by atoms with van der Waals surface area (Å²) >= 11 is 0. The smallest absolute Gasteiger partial charge is 0.255 e. The van der Waals surface area contributed by atoms with Gasteiger partial charge in [0.25, 0.3) is 11.8 Å². The molecule has 0 aliphatic carbocycles. The third-order valence-electron chi connectivity index (χ3n) is 4.63. The molecule has 30 heavy (non-hydrogen) atoms. The van der Waals surface area contributed by atoms with E-state index in [-0.39, 0.29) is 17.6 Å². The van der Waals surface area contributed by atoms with Crippen LogP contribution in [0.25, 0.3) is 11.4 Å². The van der Waals surface area contributed by atoms with Gasteiger partial charge in [-0.05, 0) is 43.2 Å². The van der Waals surface area contributed by atoms with Crippen molar-refractivity contribution in [1.29, 1.82) is 0 Å². The molecule has 3 N–H and O–H groups in total. The zero-order chi connectivity index (χ0) is 20.9. The molecule has 1 saturated heterocycles. The van der Waals surface area contributed by atoms with Crippen molar-refractivity contribution in [1.82, 2.24) is 9.97 Å². The van der Waals surface area contributed by atoms with Crippen LogP contribution in [0.4, 0.5) is 11.4 Å². The molecule has 152 valence electrons. The number of carbonyl (C=O) groups excluding carboxylic acids is 2. The van der Waals surface area contributed by atoms with E-state index < -0.39 is 6.10 Å². The van der Waals surface area contributed by atoms with E-state index in [1.54, 1.807) is 48.5 Å². The van der Waals surface area contributed by atoms with Crippen molar-refractivity contribution >= 4 is 23.2 Å². The summed E-state index contributed by atoms with van der Waals surface area (Å²) in [6, 6.07) is 13.3. The highest BCUT2D eigenvalue weighted by Gasteiger charge is 2.23. The maximum absolute atomic E-state index is 12.6. The topological polar surface area (TPSA) is 113 Å². The molecule has 2 heterocycles. The van der Waals surface area contributed by atoms with Crippen LogP contribution >= 0.6 is 0 Å². The molecule has 0 radical (unpaired) electrons. The molecule has 1 unspecified atom stereocenters. The number of aromatic nitrogens is 2. The number of aromatic hydroxyl groups is 1. The minimum absolute atomic E-state index is 0.125. The Balaban J connectivity index is 1.41. The number of carbonyl (C=O) groups is 2. The molecule has 2 amide bonds. The first kappa shape index (κ1) is 19.5. The Hall–Kier alpha value is -3.78. The lowest BCUT2D eigenvalue weighted by molar-refractivity contribution is -0.124. The fourth-order valence-electron chi connectivity index (χ4n) is 3.14. The second-order valence-electron chi connectivity index (χ2n) is 6.87. The Morgan fingerprint density at radius 3 is 2.53 bits per heavy atom. The summed E-state index contributed by atoms with van der Waals surface area (Å²) in [5, 5.41) is 15.1. The summed E-state index contributed by atoms with van der Waals surface area (Å²) in [6.07, 6.45) is 4.11. The van der Waals surface area contributed by atoms with Crippen LogP contribution in [0.5, 0.6) is 5.75 Å². The van der Waals surface area contributed by atoms with Crippen LogP contribution in [0.2, 0.25) is 0 Å². The van der Waals surface area contributed by atoms with E-state index >= 15 is 0 Å². The molecule has 1 aromatic heterocycles. The van der Waals surface area contributed by atoms with E-state index in [4.69, 9.17) is 4.74 Å². The maximum atomic E-state index is 12.6. The third kappa shape index (κ3) is 4.61. The molecule has 3 aromatic rings. The molecule has 4 rings (SSSR count). The van der Waals surface area contributed by atoms with E-state index in [0.717, 1.165) is 6.42 Å². The van der Waals surface area contributed by atoms with Crippen molar-refractivity contribution < 1.29 is 19.4 Å². The Bertz CT molecular complexity index is 1060. The van der Waals surface area contributed by atoms with E-state index in [9.17, 15) is 14.7 Å². The predicted octanol–water partition coefficient (Wildman–Crippen LogP) is 3.22. The van der Waals surface area contributed by atoms with Crippen molar-refractivity contribution in [2.75, 3.05) is 17.2 Å². The average molecular weight is 404 g/mol. The van der Waals surface area contributed by atoms with Gasteiger partial charge >= 0.3 is 0 Å². The van der Waals surface area contributed by atoms with Crippen LogP contribution in [0, 0.1) is 0 Å². The molecule has 8 nitrogen and oxygen atoms in total. The van der Waals surface area contributed by atoms with Crippen LogP contribution in [0.15, 0.2) is 60.9 Å². The Labute approximate surface area is 172 Å². The lowest BCUT2D eigenvalue weighted by atomic mass is 10.1. The number of nitrogens with zero attached hydrogens (tertiary/aromatic N) is 2. The number of anilines is 2. The highest BCUT2D eigenvalue weighted by Crippen LogP contribution is 2.21. The highest BCUT2D eigenvalue weighted by atomic mass is 16.5. The molecule has 0 bridgehead atoms. The van der Waals surface area contributed by atoms with Crippen LogP contribution in [-0.2, 0) is 9.53 Å². The highest BCUT2D eigenvalue weighted by molar-refractivity contribution is 6.05. The SMILES string of the molecule is O=C(Nc1cnc(-c2cccc(O)c2)nc1)c1cccc(NC(=O)C2CCCO2)c1. The van der Waals surface area contributed by atoms with Gasteiger partial charge in [-0.25, -0.2) is 9.97 Å². The molecular weight excluding hydrogens is 384 g/mol. The van der Waals surface area contributed by atoms with E-state index in [1.807, 2.05) is 0 Å². The summed E-state index contributed by atoms with van der Waals surface area (Å²) in [5.41, 5.74) is 2.01. The number of nitrogens with one attached hydrogen (secondary N) is 2. The largest absolute Gasteiger partial charge is 0.508 e. The number of hydrogen-bond donors (Lipinski definition) is 3. The lowest BCUT2D eigenvalue weighted by Crippen LogP contribution is -2.27. The van der Waals surface area contributed by atoms with Gasteiger partial charge < -0.3 is 20.5 Å². The van der Waals surface area contributed by atoms with Crippen molar-refractivity contribution in [3.63, 3.8) is 0 Å². The van der Waals surface area contributed by atoms with Crippen molar-refractivity contribution in [2.45, 2.75) is 18.9 Å². The first-order chi connectivity index (χ1) is 14.6. The molecule has 0 saturated carbocycles. The van der Waals surface area contributed by atoms with Gasteiger partial charge in [-0.3, -0.25) is 9.59 Å². The predicted molar refractivity (Wildman–Crippen MR) is 111 cm³/mol. The first-order valence-corrected chi connectivity index (χ1v) is 9.54. The van der Waals surface area contributed by atoms with Crippen LogP contribution in [0.1, 0.15) is 23.2 Å². The Morgan fingerprint density at radius 1 is 1.00 bits per heavy atom. The second-order valence-corrected chi connectivity index (χ2v) is 6.87. The fraction of sp³-hybridized carbons (Fsp3) is 0.182. The quantitative estimate of drug-likeness (QED) is 0.602. The summed E-state index contributed by atoms with van der Waals surface area (Å²) < 4.78 is 5.37. The molecule has 1 aliphatic rings. The number of benzene rings is 2. The molecule has 0 spiro atoms.